The molecule has 0 bridgehead atoms. The van der Waals surface area contributed by atoms with Crippen molar-refractivity contribution in [3.05, 3.63) is 34.4 Å². The molecule has 0 unspecified atom stereocenters. The van der Waals surface area contributed by atoms with Crippen molar-refractivity contribution in [3.8, 4) is 0 Å². The van der Waals surface area contributed by atoms with Crippen LogP contribution in [0.25, 0.3) is 10.9 Å². The van der Waals surface area contributed by atoms with Crippen LogP contribution in [0, 0.1) is 0 Å². The lowest BCUT2D eigenvalue weighted by Gasteiger charge is -2.14. The average molecular weight is 312 g/mol. The Balaban J connectivity index is 2.58. The normalized spacial score (nSPS) is 11.6. The number of nitrogens with zero attached hydrogens (tertiary/aromatic N) is 1. The maximum atomic E-state index is 3.64. The molecule has 2 rings (SSSR count). The van der Waals surface area contributed by atoms with Crippen molar-refractivity contribution in [2.75, 3.05) is 5.75 Å². The van der Waals surface area contributed by atoms with E-state index in [0.29, 0.717) is 6.04 Å². The molecule has 17 heavy (non-hydrogen) atoms. The van der Waals surface area contributed by atoms with Crippen LogP contribution in [-0.2, 0) is 5.75 Å². The van der Waals surface area contributed by atoms with Gasteiger partial charge < -0.3 is 4.57 Å². The van der Waals surface area contributed by atoms with Gasteiger partial charge >= 0.3 is 0 Å². The highest BCUT2D eigenvalue weighted by molar-refractivity contribution is 9.10. The first kappa shape index (κ1) is 13.0. The Morgan fingerprint density at radius 3 is 2.76 bits per heavy atom. The van der Waals surface area contributed by atoms with Gasteiger partial charge in [0.15, 0.2) is 0 Å². The Morgan fingerprint density at radius 2 is 2.12 bits per heavy atom. The second-order valence-corrected chi connectivity index (χ2v) is 6.54. The van der Waals surface area contributed by atoms with Gasteiger partial charge in [0.2, 0.25) is 0 Å². The maximum absolute atomic E-state index is 3.64. The van der Waals surface area contributed by atoms with Gasteiger partial charge in [-0.2, -0.15) is 11.8 Å². The van der Waals surface area contributed by atoms with Crippen molar-refractivity contribution in [2.24, 2.45) is 0 Å². The van der Waals surface area contributed by atoms with E-state index in [4.69, 9.17) is 0 Å². The van der Waals surface area contributed by atoms with Crippen LogP contribution in [0.3, 0.4) is 0 Å². The zero-order chi connectivity index (χ0) is 12.4. The minimum atomic E-state index is 0.509. The van der Waals surface area contributed by atoms with Crippen LogP contribution < -0.4 is 0 Å². The number of fused-ring (bicyclic) bond motifs is 1. The van der Waals surface area contributed by atoms with E-state index in [9.17, 15) is 0 Å². The molecule has 0 spiro atoms. The van der Waals surface area contributed by atoms with Crippen molar-refractivity contribution in [2.45, 2.75) is 32.6 Å². The second-order valence-electron chi connectivity index (χ2n) is 4.41. The molecule has 0 atom stereocenters. The molecule has 0 saturated carbocycles. The monoisotopic (exact) mass is 311 g/mol. The highest BCUT2D eigenvalue weighted by Gasteiger charge is 2.12. The summed E-state index contributed by atoms with van der Waals surface area (Å²) in [4.78, 5) is 0. The number of hydrogen-bond donors (Lipinski definition) is 0. The topological polar surface area (TPSA) is 4.93 Å². The zero-order valence-electron chi connectivity index (χ0n) is 10.5. The number of thioether (sulfide) groups is 1. The number of halogens is 1. The second kappa shape index (κ2) is 5.49. The summed E-state index contributed by atoms with van der Waals surface area (Å²) in [5, 5.41) is 1.33. The maximum Gasteiger partial charge on any atom is 0.0496 e. The van der Waals surface area contributed by atoms with E-state index in [0.717, 1.165) is 5.75 Å². The molecule has 1 heterocycles. The minimum absolute atomic E-state index is 0.509. The van der Waals surface area contributed by atoms with Crippen LogP contribution in [0.4, 0.5) is 0 Å². The van der Waals surface area contributed by atoms with Crippen molar-refractivity contribution in [1.82, 2.24) is 4.57 Å². The molecule has 0 saturated heterocycles. The Kier molecular flexibility index (Phi) is 4.21. The molecule has 1 nitrogen and oxygen atoms in total. The van der Waals surface area contributed by atoms with E-state index in [1.165, 1.54) is 26.8 Å². The van der Waals surface area contributed by atoms with Crippen LogP contribution in [0.5, 0.6) is 0 Å². The number of rotatable bonds is 4. The summed E-state index contributed by atoms with van der Waals surface area (Å²) >= 11 is 5.62. The van der Waals surface area contributed by atoms with Gasteiger partial charge in [0.1, 0.15) is 0 Å². The van der Waals surface area contributed by atoms with E-state index < -0.39 is 0 Å². The summed E-state index contributed by atoms with van der Waals surface area (Å²) in [6.07, 6.45) is 0. The zero-order valence-corrected chi connectivity index (χ0v) is 12.9. The van der Waals surface area contributed by atoms with Crippen LogP contribution in [-0.4, -0.2) is 10.3 Å². The van der Waals surface area contributed by atoms with Crippen LogP contribution >= 0.6 is 27.7 Å². The van der Waals surface area contributed by atoms with E-state index in [1.807, 2.05) is 11.8 Å². The summed E-state index contributed by atoms with van der Waals surface area (Å²) in [6, 6.07) is 9.27. The molecular weight excluding hydrogens is 294 g/mol. The molecule has 0 N–H and O–H groups in total. The fraction of sp³-hybridized carbons (Fsp3) is 0.429. The van der Waals surface area contributed by atoms with Crippen LogP contribution in [0.2, 0.25) is 0 Å². The molecular formula is C14H18BrNS. The smallest absolute Gasteiger partial charge is 0.0496 e. The molecule has 3 heteroatoms. The molecule has 0 amide bonds. The molecule has 0 aliphatic heterocycles. The van der Waals surface area contributed by atoms with Gasteiger partial charge in [-0.1, -0.05) is 28.9 Å². The van der Waals surface area contributed by atoms with E-state index in [2.05, 4.69) is 65.5 Å². The summed E-state index contributed by atoms with van der Waals surface area (Å²) in [6.45, 7) is 6.71. The lowest BCUT2D eigenvalue weighted by atomic mass is 10.2. The van der Waals surface area contributed by atoms with E-state index in [-0.39, 0.29) is 0 Å². The first-order valence-electron chi connectivity index (χ1n) is 6.01. The lowest BCUT2D eigenvalue weighted by Crippen LogP contribution is -2.04. The molecule has 2 aromatic rings. The molecule has 0 aliphatic rings. The SMILES string of the molecule is CCSCc1cc2c(Br)cccc2n1C(C)C. The summed E-state index contributed by atoms with van der Waals surface area (Å²) < 4.78 is 3.64. The third-order valence-electron chi connectivity index (χ3n) is 2.88. The molecule has 1 aromatic carbocycles. The number of aromatic nitrogens is 1. The van der Waals surface area contributed by atoms with Crippen molar-refractivity contribution < 1.29 is 0 Å². The molecule has 0 aliphatic carbocycles. The highest BCUT2D eigenvalue weighted by atomic mass is 79.9. The Morgan fingerprint density at radius 1 is 1.35 bits per heavy atom. The van der Waals surface area contributed by atoms with Gasteiger partial charge in [0.05, 0.1) is 0 Å². The molecule has 92 valence electrons. The Hall–Kier alpha value is -0.410. The first-order chi connectivity index (χ1) is 8.15. The van der Waals surface area contributed by atoms with E-state index >= 15 is 0 Å². The molecule has 0 radical (unpaired) electrons. The van der Waals surface area contributed by atoms with Gasteiger partial charge in [-0.25, -0.2) is 0 Å². The van der Waals surface area contributed by atoms with Crippen LogP contribution in [0.15, 0.2) is 28.7 Å². The summed E-state index contributed by atoms with van der Waals surface area (Å²) in [7, 11) is 0. The van der Waals surface area contributed by atoms with Gasteiger partial charge in [-0.05, 0) is 37.8 Å². The molecule has 1 aromatic heterocycles. The standard InChI is InChI=1S/C14H18BrNS/c1-4-17-9-11-8-12-13(15)6-5-7-14(12)16(11)10(2)3/h5-8,10H,4,9H2,1-3H3. The largest absolute Gasteiger partial charge is 0.341 e. The Labute approximate surface area is 116 Å². The third-order valence-corrected chi connectivity index (χ3v) is 4.48. The van der Waals surface area contributed by atoms with Gasteiger partial charge in [0.25, 0.3) is 0 Å². The quantitative estimate of drug-likeness (QED) is 0.747. The summed E-state index contributed by atoms with van der Waals surface area (Å²) in [5.74, 6) is 2.26. The third kappa shape index (κ3) is 2.55. The fourth-order valence-electron chi connectivity index (χ4n) is 2.20. The van der Waals surface area contributed by atoms with Crippen LogP contribution in [0.1, 0.15) is 32.5 Å². The van der Waals surface area contributed by atoms with Crippen molar-refractivity contribution in [1.29, 1.82) is 0 Å². The van der Waals surface area contributed by atoms with Gasteiger partial charge in [-0.3, -0.25) is 0 Å². The van der Waals surface area contributed by atoms with Gasteiger partial charge in [0, 0.05) is 32.9 Å². The fourth-order valence-corrected chi connectivity index (χ4v) is 3.30. The Bertz CT molecular complexity index is 516. The predicted molar refractivity (Wildman–Crippen MR) is 81.9 cm³/mol. The summed E-state index contributed by atoms with van der Waals surface area (Å²) in [5.41, 5.74) is 2.76. The average Bonchev–Trinajstić information content (AvgIpc) is 2.66. The lowest BCUT2D eigenvalue weighted by molar-refractivity contribution is 0.606. The highest BCUT2D eigenvalue weighted by Crippen LogP contribution is 2.31. The minimum Gasteiger partial charge on any atom is -0.341 e. The molecule has 0 fully saturated rings. The number of benzene rings is 1. The van der Waals surface area contributed by atoms with Crippen molar-refractivity contribution >= 4 is 38.6 Å². The van der Waals surface area contributed by atoms with E-state index in [1.54, 1.807) is 0 Å². The number of hydrogen-bond acceptors (Lipinski definition) is 1. The predicted octanol–water partition coefficient (Wildman–Crippen LogP) is 5.24. The van der Waals surface area contributed by atoms with Gasteiger partial charge in [-0.15, -0.1) is 0 Å². The van der Waals surface area contributed by atoms with Crippen molar-refractivity contribution in [3.63, 3.8) is 0 Å². The first-order valence-corrected chi connectivity index (χ1v) is 7.96.